The van der Waals surface area contributed by atoms with E-state index >= 15 is 0 Å². The summed E-state index contributed by atoms with van der Waals surface area (Å²) in [5.74, 6) is 0. The highest BCUT2D eigenvalue weighted by molar-refractivity contribution is 5.25. The Bertz CT molecular complexity index is 487. The molecule has 2 aromatic carbocycles. The lowest BCUT2D eigenvalue weighted by molar-refractivity contribution is 0.515. The van der Waals surface area contributed by atoms with Gasteiger partial charge in [-0.3, -0.25) is 0 Å². The zero-order chi connectivity index (χ0) is 14.2. The van der Waals surface area contributed by atoms with Crippen molar-refractivity contribution in [1.29, 1.82) is 0 Å². The van der Waals surface area contributed by atoms with Gasteiger partial charge in [-0.25, -0.2) is 0 Å². The Hall–Kier alpha value is -1.60. The minimum atomic E-state index is 0.450. The van der Waals surface area contributed by atoms with E-state index in [2.05, 4.69) is 73.8 Å². The molecule has 2 aromatic rings. The van der Waals surface area contributed by atoms with Crippen LogP contribution in [0.3, 0.4) is 0 Å². The number of aryl methyl sites for hydroxylation is 2. The van der Waals surface area contributed by atoms with Crippen molar-refractivity contribution in [2.75, 3.05) is 6.54 Å². The smallest absolute Gasteiger partial charge is 0.0323 e. The summed E-state index contributed by atoms with van der Waals surface area (Å²) in [4.78, 5) is 0. The zero-order valence-electron chi connectivity index (χ0n) is 12.6. The van der Waals surface area contributed by atoms with Crippen LogP contribution in [-0.4, -0.2) is 6.54 Å². The molecule has 1 heteroatoms. The van der Waals surface area contributed by atoms with Crippen LogP contribution >= 0.6 is 0 Å². The van der Waals surface area contributed by atoms with Crippen molar-refractivity contribution >= 4 is 0 Å². The molecule has 0 aliphatic rings. The molecule has 0 amide bonds. The number of hydrogen-bond acceptors (Lipinski definition) is 1. The van der Waals surface area contributed by atoms with Crippen molar-refractivity contribution in [3.8, 4) is 0 Å². The molecule has 1 nitrogen and oxygen atoms in total. The van der Waals surface area contributed by atoms with Gasteiger partial charge in [0.05, 0.1) is 0 Å². The van der Waals surface area contributed by atoms with Gasteiger partial charge >= 0.3 is 0 Å². The molecular weight excluding hydrogens is 242 g/mol. The largest absolute Gasteiger partial charge is 0.310 e. The lowest BCUT2D eigenvalue weighted by atomic mass is 9.97. The molecule has 2 rings (SSSR count). The highest BCUT2D eigenvalue weighted by Gasteiger charge is 2.10. The van der Waals surface area contributed by atoms with Crippen molar-refractivity contribution in [3.05, 3.63) is 71.3 Å². The summed E-state index contributed by atoms with van der Waals surface area (Å²) in [5, 5.41) is 3.61. The summed E-state index contributed by atoms with van der Waals surface area (Å²) >= 11 is 0. The molecule has 1 unspecified atom stereocenters. The topological polar surface area (TPSA) is 12.0 Å². The molecule has 1 atom stereocenters. The van der Waals surface area contributed by atoms with Crippen LogP contribution in [0.15, 0.2) is 54.6 Å². The van der Waals surface area contributed by atoms with E-state index in [4.69, 9.17) is 0 Å². The third-order valence-electron chi connectivity index (χ3n) is 3.81. The first-order valence-corrected chi connectivity index (χ1v) is 7.69. The Balaban J connectivity index is 2.02. The Kier molecular flexibility index (Phi) is 5.82. The second-order valence-electron chi connectivity index (χ2n) is 5.23. The van der Waals surface area contributed by atoms with E-state index in [-0.39, 0.29) is 0 Å². The van der Waals surface area contributed by atoms with E-state index in [1.54, 1.807) is 0 Å². The zero-order valence-corrected chi connectivity index (χ0v) is 12.6. The van der Waals surface area contributed by atoms with Gasteiger partial charge in [-0.2, -0.15) is 0 Å². The molecular formula is C19H25N. The quantitative estimate of drug-likeness (QED) is 0.777. The van der Waals surface area contributed by atoms with Crippen LogP contribution in [0, 0.1) is 0 Å². The number of hydrogen-bond donors (Lipinski definition) is 1. The summed E-state index contributed by atoms with van der Waals surface area (Å²) in [6.45, 7) is 5.39. The van der Waals surface area contributed by atoms with Crippen LogP contribution in [0.25, 0.3) is 0 Å². The monoisotopic (exact) mass is 267 g/mol. The third-order valence-corrected chi connectivity index (χ3v) is 3.81. The Morgan fingerprint density at radius 2 is 1.55 bits per heavy atom. The fourth-order valence-corrected chi connectivity index (χ4v) is 2.57. The van der Waals surface area contributed by atoms with Gasteiger partial charge < -0.3 is 5.32 Å². The first-order chi connectivity index (χ1) is 9.83. The maximum Gasteiger partial charge on any atom is 0.0323 e. The summed E-state index contributed by atoms with van der Waals surface area (Å²) < 4.78 is 0. The van der Waals surface area contributed by atoms with E-state index in [0.717, 1.165) is 25.8 Å². The van der Waals surface area contributed by atoms with E-state index < -0.39 is 0 Å². The molecule has 0 heterocycles. The number of benzene rings is 2. The summed E-state index contributed by atoms with van der Waals surface area (Å²) in [5.41, 5.74) is 4.23. The van der Waals surface area contributed by atoms with Gasteiger partial charge in [0.1, 0.15) is 0 Å². The first kappa shape index (κ1) is 14.8. The number of nitrogens with one attached hydrogen (secondary N) is 1. The second kappa shape index (κ2) is 7.86. The molecule has 0 aliphatic carbocycles. The van der Waals surface area contributed by atoms with E-state index in [0.29, 0.717) is 6.04 Å². The van der Waals surface area contributed by atoms with Gasteiger partial charge in [-0.1, -0.05) is 68.4 Å². The molecule has 0 radical (unpaired) electrons. The molecule has 0 saturated carbocycles. The van der Waals surface area contributed by atoms with Crippen LogP contribution in [-0.2, 0) is 12.8 Å². The lowest BCUT2D eigenvalue weighted by Crippen LogP contribution is -2.21. The minimum absolute atomic E-state index is 0.450. The van der Waals surface area contributed by atoms with Crippen molar-refractivity contribution in [3.63, 3.8) is 0 Å². The van der Waals surface area contributed by atoms with Crippen molar-refractivity contribution in [2.45, 2.75) is 39.2 Å². The molecule has 0 spiro atoms. The average molecular weight is 267 g/mol. The van der Waals surface area contributed by atoms with Crippen LogP contribution in [0.5, 0.6) is 0 Å². The molecule has 0 fully saturated rings. The number of rotatable bonds is 7. The lowest BCUT2D eigenvalue weighted by Gasteiger charge is -2.19. The van der Waals surface area contributed by atoms with Gasteiger partial charge in [-0.05, 0) is 42.5 Å². The van der Waals surface area contributed by atoms with Gasteiger partial charge in [0.25, 0.3) is 0 Å². The molecule has 1 N–H and O–H groups in total. The van der Waals surface area contributed by atoms with Crippen LogP contribution in [0.2, 0.25) is 0 Å². The predicted molar refractivity (Wildman–Crippen MR) is 87.0 cm³/mol. The maximum atomic E-state index is 3.61. The fourth-order valence-electron chi connectivity index (χ4n) is 2.57. The van der Waals surface area contributed by atoms with Crippen molar-refractivity contribution in [2.24, 2.45) is 0 Å². The molecule has 0 aromatic heterocycles. The van der Waals surface area contributed by atoms with E-state index in [9.17, 15) is 0 Å². The third kappa shape index (κ3) is 4.21. The van der Waals surface area contributed by atoms with E-state index in [1.807, 2.05) is 0 Å². The summed E-state index contributed by atoms with van der Waals surface area (Å²) in [6.07, 6.45) is 3.37. The van der Waals surface area contributed by atoms with Gasteiger partial charge in [0.15, 0.2) is 0 Å². The molecule has 0 aliphatic heterocycles. The van der Waals surface area contributed by atoms with Gasteiger partial charge in [0.2, 0.25) is 0 Å². The molecule has 0 bridgehead atoms. The van der Waals surface area contributed by atoms with E-state index in [1.165, 1.54) is 16.7 Å². The normalized spacial score (nSPS) is 12.3. The van der Waals surface area contributed by atoms with Crippen LogP contribution in [0.1, 0.15) is 43.0 Å². The standard InChI is InChI=1S/C19H25N/c1-3-16-10-13-18(14-11-16)19(20-4-2)15-12-17-8-6-5-7-9-17/h5-11,13-14,19-20H,3-4,12,15H2,1-2H3. The molecule has 106 valence electrons. The van der Waals surface area contributed by atoms with Crippen LogP contribution < -0.4 is 5.32 Å². The van der Waals surface area contributed by atoms with Gasteiger partial charge in [0, 0.05) is 6.04 Å². The fraction of sp³-hybridized carbons (Fsp3) is 0.368. The Morgan fingerprint density at radius 3 is 2.15 bits per heavy atom. The predicted octanol–water partition coefficient (Wildman–Crippen LogP) is 4.53. The highest BCUT2D eigenvalue weighted by atomic mass is 14.9. The second-order valence-corrected chi connectivity index (χ2v) is 5.23. The summed E-state index contributed by atoms with van der Waals surface area (Å²) in [7, 11) is 0. The summed E-state index contributed by atoms with van der Waals surface area (Å²) in [6, 6.07) is 20.2. The average Bonchev–Trinajstić information content (AvgIpc) is 2.52. The van der Waals surface area contributed by atoms with Crippen molar-refractivity contribution < 1.29 is 0 Å². The maximum absolute atomic E-state index is 3.61. The van der Waals surface area contributed by atoms with Crippen LogP contribution in [0.4, 0.5) is 0 Å². The van der Waals surface area contributed by atoms with Crippen molar-refractivity contribution in [1.82, 2.24) is 5.32 Å². The SMILES string of the molecule is CCNC(CCc1ccccc1)c1ccc(CC)cc1. The molecule has 20 heavy (non-hydrogen) atoms. The Morgan fingerprint density at radius 1 is 0.850 bits per heavy atom. The molecule has 0 saturated heterocycles. The highest BCUT2D eigenvalue weighted by Crippen LogP contribution is 2.20. The Labute approximate surface area is 123 Å². The van der Waals surface area contributed by atoms with Gasteiger partial charge in [-0.15, -0.1) is 0 Å². The minimum Gasteiger partial charge on any atom is -0.310 e. The first-order valence-electron chi connectivity index (χ1n) is 7.69.